The predicted molar refractivity (Wildman–Crippen MR) is 64.7 cm³/mol. The van der Waals surface area contributed by atoms with Crippen LogP contribution in [0.2, 0.25) is 0 Å². The molecule has 0 spiro atoms. The zero-order valence-electron chi connectivity index (χ0n) is 11.3. The Morgan fingerprint density at radius 2 is 1.71 bits per heavy atom. The van der Waals surface area contributed by atoms with Gasteiger partial charge < -0.3 is 10.0 Å². The van der Waals surface area contributed by atoms with E-state index in [9.17, 15) is 27.2 Å². The number of rotatable bonds is 5. The molecule has 1 amide bonds. The smallest absolute Gasteiger partial charge is 0.323 e. The Hall–Kier alpha value is -2.12. The molecule has 0 heterocycles. The second-order valence-electron chi connectivity index (χ2n) is 4.82. The molecule has 0 radical (unpaired) electrons. The van der Waals surface area contributed by atoms with Crippen molar-refractivity contribution in [2.75, 3.05) is 13.1 Å². The van der Waals surface area contributed by atoms with Crippen LogP contribution in [0, 0.1) is 29.2 Å². The van der Waals surface area contributed by atoms with Gasteiger partial charge in [-0.05, 0) is 12.0 Å². The zero-order valence-corrected chi connectivity index (χ0v) is 11.3. The van der Waals surface area contributed by atoms with E-state index in [2.05, 4.69) is 0 Å². The molecule has 1 rings (SSSR count). The van der Waals surface area contributed by atoms with Gasteiger partial charge in [0.25, 0.3) is 5.91 Å². The van der Waals surface area contributed by atoms with E-state index in [0.29, 0.717) is 0 Å². The molecule has 116 valence electrons. The lowest BCUT2D eigenvalue weighted by molar-refractivity contribution is -0.137. The maximum atomic E-state index is 13.6. The first-order chi connectivity index (χ1) is 9.65. The molecule has 4 nitrogen and oxygen atoms in total. The van der Waals surface area contributed by atoms with Crippen molar-refractivity contribution in [3.05, 3.63) is 34.9 Å². The fourth-order valence-corrected chi connectivity index (χ4v) is 1.72. The van der Waals surface area contributed by atoms with Crippen molar-refractivity contribution < 1.29 is 32.3 Å². The number of carboxylic acids is 1. The summed E-state index contributed by atoms with van der Waals surface area (Å²) in [4.78, 5) is 23.4. The van der Waals surface area contributed by atoms with Crippen LogP contribution in [0.4, 0.5) is 17.6 Å². The lowest BCUT2D eigenvalue weighted by atomic mass is 10.1. The molecule has 0 aliphatic carbocycles. The molecule has 0 saturated heterocycles. The summed E-state index contributed by atoms with van der Waals surface area (Å²) in [5.74, 6) is -10.5. The van der Waals surface area contributed by atoms with E-state index in [1.165, 1.54) is 0 Å². The van der Waals surface area contributed by atoms with E-state index in [-0.39, 0.29) is 18.5 Å². The number of aliphatic carboxylic acids is 1. The summed E-state index contributed by atoms with van der Waals surface area (Å²) in [5.41, 5.74) is -1.05. The van der Waals surface area contributed by atoms with Crippen LogP contribution in [0.5, 0.6) is 0 Å². The van der Waals surface area contributed by atoms with Gasteiger partial charge >= 0.3 is 5.97 Å². The Morgan fingerprint density at radius 1 is 1.14 bits per heavy atom. The van der Waals surface area contributed by atoms with Crippen LogP contribution < -0.4 is 0 Å². The molecular weight excluding hydrogens is 294 g/mol. The van der Waals surface area contributed by atoms with Crippen LogP contribution in [0.3, 0.4) is 0 Å². The van der Waals surface area contributed by atoms with Crippen molar-refractivity contribution in [1.29, 1.82) is 0 Å². The molecule has 1 aromatic carbocycles. The predicted octanol–water partition coefficient (Wildman–Crippen LogP) is 2.43. The molecule has 0 unspecified atom stereocenters. The Morgan fingerprint density at radius 3 is 2.19 bits per heavy atom. The number of hydrogen-bond donors (Lipinski definition) is 1. The average molecular weight is 307 g/mol. The molecule has 21 heavy (non-hydrogen) atoms. The van der Waals surface area contributed by atoms with Gasteiger partial charge in [0.05, 0.1) is 5.56 Å². The highest BCUT2D eigenvalue weighted by Crippen LogP contribution is 2.20. The normalized spacial score (nSPS) is 10.8. The standard InChI is InChI=1S/C13H13F4NO3/c1-6(2)4-18(5-9(19)20)13(21)7-3-8(14)11(16)12(17)10(7)15/h3,6H,4-5H2,1-2H3,(H,19,20). The van der Waals surface area contributed by atoms with Crippen LogP contribution in [0.15, 0.2) is 6.07 Å². The second-order valence-corrected chi connectivity index (χ2v) is 4.82. The number of halogens is 4. The van der Waals surface area contributed by atoms with E-state index in [1.54, 1.807) is 13.8 Å². The summed E-state index contributed by atoms with van der Waals surface area (Å²) < 4.78 is 52.6. The molecule has 8 heteroatoms. The van der Waals surface area contributed by atoms with Crippen LogP contribution >= 0.6 is 0 Å². The van der Waals surface area contributed by atoms with Crippen LogP contribution in [0.25, 0.3) is 0 Å². The summed E-state index contributed by atoms with van der Waals surface area (Å²) in [6, 6.07) is 0.214. The minimum absolute atomic E-state index is 0.0643. The van der Waals surface area contributed by atoms with E-state index in [1.807, 2.05) is 0 Å². The van der Waals surface area contributed by atoms with Gasteiger partial charge in [-0.2, -0.15) is 0 Å². The second kappa shape index (κ2) is 6.55. The molecule has 0 aliphatic heterocycles. The maximum Gasteiger partial charge on any atom is 0.323 e. The first-order valence-electron chi connectivity index (χ1n) is 5.99. The first kappa shape index (κ1) is 16.9. The molecule has 0 fully saturated rings. The van der Waals surface area contributed by atoms with Crippen molar-refractivity contribution >= 4 is 11.9 Å². The Labute approximate surface area is 118 Å². The molecule has 0 bridgehead atoms. The van der Waals surface area contributed by atoms with Crippen molar-refractivity contribution in [3.8, 4) is 0 Å². The lowest BCUT2D eigenvalue weighted by Crippen LogP contribution is -2.38. The third-order valence-corrected chi connectivity index (χ3v) is 2.53. The molecule has 0 saturated carbocycles. The third kappa shape index (κ3) is 3.93. The SMILES string of the molecule is CC(C)CN(CC(=O)O)C(=O)c1cc(F)c(F)c(F)c1F. The highest BCUT2D eigenvalue weighted by Gasteiger charge is 2.27. The van der Waals surface area contributed by atoms with Gasteiger partial charge in [0, 0.05) is 6.54 Å². The van der Waals surface area contributed by atoms with E-state index >= 15 is 0 Å². The van der Waals surface area contributed by atoms with Crippen molar-refractivity contribution in [2.24, 2.45) is 5.92 Å². The molecular formula is C13H13F4NO3. The summed E-state index contributed by atoms with van der Waals surface area (Å²) in [6.07, 6.45) is 0. The number of nitrogens with zero attached hydrogens (tertiary/aromatic N) is 1. The minimum Gasteiger partial charge on any atom is -0.480 e. The molecule has 0 atom stereocenters. The summed E-state index contributed by atoms with van der Waals surface area (Å²) in [6.45, 7) is 2.51. The zero-order chi connectivity index (χ0) is 16.3. The van der Waals surface area contributed by atoms with Gasteiger partial charge in [0.1, 0.15) is 6.54 Å². The summed E-state index contributed by atoms with van der Waals surface area (Å²) in [7, 11) is 0. The van der Waals surface area contributed by atoms with Gasteiger partial charge in [-0.1, -0.05) is 13.8 Å². The van der Waals surface area contributed by atoms with Crippen LogP contribution in [-0.4, -0.2) is 35.0 Å². The summed E-state index contributed by atoms with van der Waals surface area (Å²) >= 11 is 0. The number of hydrogen-bond acceptors (Lipinski definition) is 2. The molecule has 1 N–H and O–H groups in total. The van der Waals surface area contributed by atoms with E-state index in [0.717, 1.165) is 4.90 Å². The van der Waals surface area contributed by atoms with Gasteiger partial charge in [0.15, 0.2) is 23.3 Å². The van der Waals surface area contributed by atoms with Gasteiger partial charge in [-0.15, -0.1) is 0 Å². The maximum absolute atomic E-state index is 13.6. The van der Waals surface area contributed by atoms with Crippen molar-refractivity contribution in [2.45, 2.75) is 13.8 Å². The largest absolute Gasteiger partial charge is 0.480 e. The number of amides is 1. The number of carbonyl (C=O) groups excluding carboxylic acids is 1. The molecule has 1 aromatic rings. The van der Waals surface area contributed by atoms with Gasteiger partial charge in [0.2, 0.25) is 0 Å². The fourth-order valence-electron chi connectivity index (χ4n) is 1.72. The van der Waals surface area contributed by atoms with Crippen molar-refractivity contribution in [3.63, 3.8) is 0 Å². The Bertz CT molecular complexity index is 575. The monoisotopic (exact) mass is 307 g/mol. The highest BCUT2D eigenvalue weighted by atomic mass is 19.2. The lowest BCUT2D eigenvalue weighted by Gasteiger charge is -2.23. The van der Waals surface area contributed by atoms with Gasteiger partial charge in [-0.25, -0.2) is 17.6 Å². The van der Waals surface area contributed by atoms with Crippen LogP contribution in [-0.2, 0) is 4.79 Å². The third-order valence-electron chi connectivity index (χ3n) is 2.53. The molecule has 0 aromatic heterocycles. The quantitative estimate of drug-likeness (QED) is 0.516. The van der Waals surface area contributed by atoms with E-state index in [4.69, 9.17) is 5.11 Å². The van der Waals surface area contributed by atoms with Gasteiger partial charge in [-0.3, -0.25) is 9.59 Å². The Balaban J connectivity index is 3.23. The molecule has 0 aliphatic rings. The topological polar surface area (TPSA) is 57.6 Å². The highest BCUT2D eigenvalue weighted by molar-refractivity contribution is 5.96. The minimum atomic E-state index is -2.11. The Kier molecular flexibility index (Phi) is 5.28. The fraction of sp³-hybridized carbons (Fsp3) is 0.385. The number of carboxylic acid groups (broad SMARTS) is 1. The summed E-state index contributed by atoms with van der Waals surface area (Å²) in [5, 5.41) is 8.72. The number of benzene rings is 1. The van der Waals surface area contributed by atoms with Crippen molar-refractivity contribution in [1.82, 2.24) is 4.90 Å². The number of carbonyl (C=O) groups is 2. The van der Waals surface area contributed by atoms with E-state index < -0.39 is 47.3 Å². The van der Waals surface area contributed by atoms with Crippen LogP contribution in [0.1, 0.15) is 24.2 Å². The average Bonchev–Trinajstić information content (AvgIpc) is 2.38. The first-order valence-corrected chi connectivity index (χ1v) is 5.99.